The normalized spacial score (nSPS) is 18.0. The standard InChI is InChI=1S/C25H35NO3P/c1-16(2)28-30(27,29-17(3)4)24-20-12-10-18(5)14-22(20)25(6,7)23-15-19(26(8)9)11-13-21(23)24/h10-17H,1-9H3/q+1. The fourth-order valence-electron chi connectivity index (χ4n) is 4.19. The van der Waals surface area contributed by atoms with Gasteiger partial charge in [0.25, 0.3) is 0 Å². The molecule has 2 aliphatic rings. The van der Waals surface area contributed by atoms with E-state index in [1.165, 1.54) is 5.56 Å². The van der Waals surface area contributed by atoms with E-state index in [0.717, 1.165) is 28.0 Å². The summed E-state index contributed by atoms with van der Waals surface area (Å²) in [5.41, 5.74) is 6.25. The van der Waals surface area contributed by atoms with Crippen molar-refractivity contribution in [1.29, 1.82) is 0 Å². The monoisotopic (exact) mass is 428 g/mol. The molecule has 0 fully saturated rings. The third-order valence-corrected chi connectivity index (χ3v) is 7.95. The second kappa shape index (κ2) is 8.07. The molecule has 0 radical (unpaired) electrons. The number of rotatable bonds is 5. The van der Waals surface area contributed by atoms with E-state index < -0.39 is 7.60 Å². The highest BCUT2D eigenvalue weighted by atomic mass is 31.2. The van der Waals surface area contributed by atoms with Crippen molar-refractivity contribution in [2.75, 3.05) is 14.1 Å². The molecule has 0 spiro atoms. The molecular formula is C25H35NO3P+. The third-order valence-electron chi connectivity index (χ3n) is 5.52. The van der Waals surface area contributed by atoms with E-state index in [-0.39, 0.29) is 17.6 Å². The van der Waals surface area contributed by atoms with E-state index in [9.17, 15) is 4.57 Å². The van der Waals surface area contributed by atoms with Crippen molar-refractivity contribution in [2.24, 2.45) is 0 Å². The zero-order chi connectivity index (χ0) is 22.4. The van der Waals surface area contributed by atoms with Gasteiger partial charge in [-0.05, 0) is 63.0 Å². The van der Waals surface area contributed by atoms with E-state index in [1.807, 2.05) is 41.8 Å². The van der Waals surface area contributed by atoms with Gasteiger partial charge in [-0.1, -0.05) is 37.6 Å². The number of fused-ring (bicyclic) bond motifs is 2. The minimum Gasteiger partial charge on any atom is -0.302 e. The van der Waals surface area contributed by atoms with Crippen molar-refractivity contribution in [2.45, 2.75) is 66.1 Å². The van der Waals surface area contributed by atoms with Crippen molar-refractivity contribution in [1.82, 2.24) is 0 Å². The Morgan fingerprint density at radius 3 is 2.13 bits per heavy atom. The number of benzene rings is 1. The Kier molecular flexibility index (Phi) is 6.17. The molecule has 0 saturated heterocycles. The van der Waals surface area contributed by atoms with Crippen molar-refractivity contribution >= 4 is 18.6 Å². The maximum absolute atomic E-state index is 14.3. The van der Waals surface area contributed by atoms with Gasteiger partial charge in [0.05, 0.1) is 17.5 Å². The van der Waals surface area contributed by atoms with Crippen molar-refractivity contribution in [3.05, 3.63) is 64.3 Å². The predicted molar refractivity (Wildman–Crippen MR) is 126 cm³/mol. The van der Waals surface area contributed by atoms with Crippen LogP contribution in [0.4, 0.5) is 0 Å². The van der Waals surface area contributed by atoms with Gasteiger partial charge in [-0.25, -0.2) is 4.58 Å². The van der Waals surface area contributed by atoms with E-state index >= 15 is 0 Å². The summed E-state index contributed by atoms with van der Waals surface area (Å²) in [7, 11) is 0.494. The molecule has 0 aliphatic heterocycles. The summed E-state index contributed by atoms with van der Waals surface area (Å²) >= 11 is 0. The summed E-state index contributed by atoms with van der Waals surface area (Å²) in [6.07, 6.45) is 5.90. The number of hydrogen-bond donors (Lipinski definition) is 0. The van der Waals surface area contributed by atoms with E-state index in [4.69, 9.17) is 9.05 Å². The van der Waals surface area contributed by atoms with Crippen LogP contribution in [0.3, 0.4) is 0 Å². The number of hydrogen-bond acceptors (Lipinski definition) is 3. The van der Waals surface area contributed by atoms with Gasteiger partial charge in [0.1, 0.15) is 14.1 Å². The first kappa shape index (κ1) is 22.9. The highest BCUT2D eigenvalue weighted by molar-refractivity contribution is 7.65. The van der Waals surface area contributed by atoms with Crippen LogP contribution in [0.1, 0.15) is 58.2 Å². The molecule has 1 aromatic rings. The van der Waals surface area contributed by atoms with Crippen molar-refractivity contribution < 1.29 is 18.2 Å². The summed E-state index contributed by atoms with van der Waals surface area (Å²) < 4.78 is 28.6. The highest BCUT2D eigenvalue weighted by Gasteiger charge is 2.45. The van der Waals surface area contributed by atoms with E-state index in [2.05, 4.69) is 61.8 Å². The third kappa shape index (κ3) is 4.06. The predicted octanol–water partition coefficient (Wildman–Crippen LogP) is 6.25. The zero-order valence-electron chi connectivity index (χ0n) is 19.7. The van der Waals surface area contributed by atoms with Crippen LogP contribution in [-0.2, 0) is 19.0 Å². The van der Waals surface area contributed by atoms with Crippen LogP contribution >= 0.6 is 7.60 Å². The lowest BCUT2D eigenvalue weighted by molar-refractivity contribution is -0.462. The van der Waals surface area contributed by atoms with Crippen LogP contribution in [-0.4, -0.2) is 36.6 Å². The zero-order valence-corrected chi connectivity index (χ0v) is 20.6. The lowest BCUT2D eigenvalue weighted by Crippen LogP contribution is -2.30. The molecule has 0 aromatic heterocycles. The van der Waals surface area contributed by atoms with E-state index in [0.29, 0.717) is 5.31 Å². The van der Waals surface area contributed by atoms with Crippen LogP contribution < -0.4 is 0 Å². The fraction of sp³-hybridized carbons (Fsp3) is 0.480. The molecule has 0 heterocycles. The molecule has 4 nitrogen and oxygen atoms in total. The summed E-state index contributed by atoms with van der Waals surface area (Å²) in [5, 5.41) is 0.680. The Labute approximate surface area is 181 Å². The maximum Gasteiger partial charge on any atom is 0.363 e. The van der Waals surface area contributed by atoms with Crippen LogP contribution in [0.5, 0.6) is 0 Å². The molecule has 0 N–H and O–H groups in total. The summed E-state index contributed by atoms with van der Waals surface area (Å²) in [6, 6.07) is 6.35. The molecule has 162 valence electrons. The number of aryl methyl sites for hydroxylation is 1. The first-order valence-corrected chi connectivity index (χ1v) is 12.2. The quantitative estimate of drug-likeness (QED) is 0.411. The van der Waals surface area contributed by atoms with Gasteiger partial charge in [-0.2, -0.15) is 0 Å². The second-order valence-electron chi connectivity index (χ2n) is 9.45. The number of allylic oxidation sites excluding steroid dienone is 5. The summed E-state index contributed by atoms with van der Waals surface area (Å²) in [5.74, 6) is 0. The molecule has 1 aromatic carbocycles. The van der Waals surface area contributed by atoms with Crippen LogP contribution in [0, 0.1) is 6.92 Å². The smallest absolute Gasteiger partial charge is 0.302 e. The minimum atomic E-state index is -3.58. The van der Waals surface area contributed by atoms with Gasteiger partial charge in [0.15, 0.2) is 5.71 Å². The topological polar surface area (TPSA) is 38.5 Å². The Morgan fingerprint density at radius 2 is 1.60 bits per heavy atom. The molecule has 0 bridgehead atoms. The lowest BCUT2D eigenvalue weighted by atomic mass is 9.67. The van der Waals surface area contributed by atoms with Crippen LogP contribution in [0.25, 0.3) is 5.31 Å². The summed E-state index contributed by atoms with van der Waals surface area (Å²) in [6.45, 7) is 14.2. The SMILES string of the molecule is Cc1ccc2c(c1)C(C)(C)C1=CC(=[N+](C)C)C=CC1=C2P(=O)(OC(C)C)OC(C)C. The van der Waals surface area contributed by atoms with Crippen LogP contribution in [0.2, 0.25) is 0 Å². The van der Waals surface area contributed by atoms with Gasteiger partial charge in [-0.3, -0.25) is 4.57 Å². The fourth-order valence-corrected chi connectivity index (χ4v) is 6.54. The van der Waals surface area contributed by atoms with Gasteiger partial charge in [0, 0.05) is 17.6 Å². The lowest BCUT2D eigenvalue weighted by Gasteiger charge is -2.40. The molecule has 0 saturated carbocycles. The maximum atomic E-state index is 14.3. The van der Waals surface area contributed by atoms with Gasteiger partial charge < -0.3 is 9.05 Å². The Bertz CT molecular complexity index is 1020. The average Bonchev–Trinajstić information content (AvgIpc) is 2.60. The Hall–Kier alpha value is -1.74. The molecular weight excluding hydrogens is 393 g/mol. The van der Waals surface area contributed by atoms with Crippen molar-refractivity contribution in [3.63, 3.8) is 0 Å². The van der Waals surface area contributed by atoms with Crippen LogP contribution in [0.15, 0.2) is 47.6 Å². The first-order valence-electron chi connectivity index (χ1n) is 10.6. The number of nitrogens with zero attached hydrogens (tertiary/aromatic N) is 1. The molecule has 0 amide bonds. The summed E-state index contributed by atoms with van der Waals surface area (Å²) in [4.78, 5) is 0. The average molecular weight is 429 g/mol. The molecule has 3 rings (SSSR count). The molecule has 0 unspecified atom stereocenters. The molecule has 5 heteroatoms. The molecule has 2 aliphatic carbocycles. The van der Waals surface area contributed by atoms with Gasteiger partial charge in [-0.15, -0.1) is 0 Å². The Morgan fingerprint density at radius 1 is 1.00 bits per heavy atom. The van der Waals surface area contributed by atoms with Gasteiger partial charge >= 0.3 is 7.60 Å². The Balaban J connectivity index is 2.42. The van der Waals surface area contributed by atoms with E-state index in [1.54, 1.807) is 0 Å². The highest BCUT2D eigenvalue weighted by Crippen LogP contribution is 2.67. The first-order chi connectivity index (χ1) is 13.9. The van der Waals surface area contributed by atoms with Gasteiger partial charge in [0.2, 0.25) is 0 Å². The largest absolute Gasteiger partial charge is 0.363 e. The van der Waals surface area contributed by atoms with Crippen molar-refractivity contribution in [3.8, 4) is 0 Å². The molecule has 30 heavy (non-hydrogen) atoms. The second-order valence-corrected chi connectivity index (χ2v) is 11.3. The molecule has 0 atom stereocenters. The minimum absolute atomic E-state index is 0.226.